The van der Waals surface area contributed by atoms with Crippen LogP contribution in [0.2, 0.25) is 0 Å². The number of hydrogen-bond donors (Lipinski definition) is 7. The summed E-state index contributed by atoms with van der Waals surface area (Å²) in [6.07, 6.45) is 7.63. The van der Waals surface area contributed by atoms with E-state index in [-0.39, 0.29) is 35.8 Å². The molecule has 2 fully saturated rings. The summed E-state index contributed by atoms with van der Waals surface area (Å²) < 4.78 is 1.94. The Morgan fingerprint density at radius 3 is 2.39 bits per heavy atom. The van der Waals surface area contributed by atoms with Crippen molar-refractivity contribution in [3.05, 3.63) is 47.4 Å². The maximum absolute atomic E-state index is 11.4. The predicted octanol–water partition coefficient (Wildman–Crippen LogP) is 4.05. The molecule has 1 atom stereocenters. The van der Waals surface area contributed by atoms with Crippen molar-refractivity contribution in [1.29, 1.82) is 5.41 Å². The van der Waals surface area contributed by atoms with Crippen molar-refractivity contribution in [2.45, 2.75) is 65.0 Å². The first-order valence-corrected chi connectivity index (χ1v) is 16.3. The minimum absolute atomic E-state index is 0.0237. The quantitative estimate of drug-likeness (QED) is 0.0774. The van der Waals surface area contributed by atoms with Gasteiger partial charge in [0.15, 0.2) is 5.82 Å². The van der Waals surface area contributed by atoms with Gasteiger partial charge in [-0.05, 0) is 69.6 Å². The lowest BCUT2D eigenvalue weighted by molar-refractivity contribution is -0.111. The van der Waals surface area contributed by atoms with Crippen molar-refractivity contribution in [2.24, 2.45) is 23.5 Å². The largest absolute Gasteiger partial charge is 0.511 e. The Balaban J connectivity index is 1.38. The van der Waals surface area contributed by atoms with Crippen LogP contribution in [-0.2, 0) is 4.79 Å². The van der Waals surface area contributed by atoms with Crippen LogP contribution in [0, 0.1) is 23.2 Å². The topological polar surface area (TPSA) is 190 Å². The van der Waals surface area contributed by atoms with Gasteiger partial charge >= 0.3 is 0 Å². The summed E-state index contributed by atoms with van der Waals surface area (Å²) in [6.45, 7) is 11.8. The molecule has 0 saturated carbocycles. The number of anilines is 2. The van der Waals surface area contributed by atoms with Crippen molar-refractivity contribution in [2.75, 3.05) is 50.3 Å². The van der Waals surface area contributed by atoms with Gasteiger partial charge in [0.2, 0.25) is 0 Å². The van der Waals surface area contributed by atoms with E-state index in [0.29, 0.717) is 34.4 Å². The lowest BCUT2D eigenvalue weighted by atomic mass is 9.93. The molecule has 12 heteroatoms. The Hall–Kier alpha value is -4.03. The van der Waals surface area contributed by atoms with Gasteiger partial charge in [-0.2, -0.15) is 5.10 Å². The molecule has 9 N–H and O–H groups in total. The highest BCUT2D eigenvalue weighted by Crippen LogP contribution is 2.34. The number of phenolic OH excluding ortho intramolecular Hbond substituents is 1. The molecule has 0 amide bonds. The zero-order valence-corrected chi connectivity index (χ0v) is 27.6. The van der Waals surface area contributed by atoms with E-state index >= 15 is 0 Å². The number of aldehydes is 1. The number of amidine groups is 1. The highest BCUT2D eigenvalue weighted by atomic mass is 16.3. The number of likely N-dealkylation sites (tertiary alicyclic amines) is 2. The molecule has 12 nitrogen and oxygen atoms in total. The molecule has 0 spiro atoms. The van der Waals surface area contributed by atoms with Gasteiger partial charge in [-0.15, -0.1) is 0 Å². The molecule has 0 radical (unpaired) electrons. The minimum Gasteiger partial charge on any atom is -0.511 e. The third-order valence-corrected chi connectivity index (χ3v) is 9.05. The molecule has 0 aliphatic carbocycles. The molecule has 3 heterocycles. The standard InChI is InChI=1S/C34H52N8O4/c1-22(2)26(20-43)30(45)18-31(36)41-15-9-23(10-16-41)19-40-13-11-24(12-14-40)42-28(17-27(35)25-7-5-6-8-29(25)44)32(37)33(39-42)38-21-34(3,4)46/h5-8,17-18,20,22-24,26,36,44-46H,9-16,19,21,35,37H2,1-4H3,(H,38,39)/b27-17-,30-18-,36-31?. The van der Waals surface area contributed by atoms with Crippen LogP contribution in [0.5, 0.6) is 5.75 Å². The van der Waals surface area contributed by atoms with Crippen molar-refractivity contribution in [3.63, 3.8) is 0 Å². The number of para-hydroxylation sites is 1. The summed E-state index contributed by atoms with van der Waals surface area (Å²) in [5, 5.41) is 47.4. The number of rotatable bonds is 12. The minimum atomic E-state index is -0.950. The number of carbonyl (C=O) groups is 1. The number of nitrogens with one attached hydrogen (secondary N) is 2. The number of piperidine rings is 2. The predicted molar refractivity (Wildman–Crippen MR) is 183 cm³/mol. The number of aromatic nitrogens is 2. The number of allylic oxidation sites excluding steroid dienone is 1. The van der Waals surface area contributed by atoms with Gasteiger partial charge in [0.05, 0.1) is 23.3 Å². The summed E-state index contributed by atoms with van der Waals surface area (Å²) in [7, 11) is 0. The number of benzene rings is 1. The molecule has 1 aromatic heterocycles. The number of aromatic hydroxyl groups is 1. The molecule has 2 aromatic rings. The molecular formula is C34H52N8O4. The Bertz CT molecular complexity index is 1410. The van der Waals surface area contributed by atoms with Crippen LogP contribution in [-0.4, -0.2) is 91.9 Å². The molecule has 2 aliphatic rings. The van der Waals surface area contributed by atoms with Crippen molar-refractivity contribution >= 4 is 35.4 Å². The number of carbonyl (C=O) groups excluding carboxylic acids is 1. The van der Waals surface area contributed by atoms with E-state index in [4.69, 9.17) is 22.0 Å². The zero-order valence-electron chi connectivity index (χ0n) is 27.6. The number of nitrogens with zero attached hydrogens (tertiary/aromatic N) is 4. The molecule has 4 rings (SSSR count). The fourth-order valence-electron chi connectivity index (χ4n) is 6.22. The van der Waals surface area contributed by atoms with E-state index in [9.17, 15) is 20.1 Å². The van der Waals surface area contributed by atoms with Crippen LogP contribution in [0.3, 0.4) is 0 Å². The van der Waals surface area contributed by atoms with E-state index in [0.717, 1.165) is 64.7 Å². The smallest absolute Gasteiger partial charge is 0.172 e. The Morgan fingerprint density at radius 1 is 1.15 bits per heavy atom. The lowest BCUT2D eigenvalue weighted by Crippen LogP contribution is -2.43. The van der Waals surface area contributed by atoms with Gasteiger partial charge in [-0.1, -0.05) is 26.0 Å². The van der Waals surface area contributed by atoms with E-state index in [1.165, 1.54) is 6.08 Å². The number of aliphatic hydroxyl groups excluding tert-OH is 1. The Morgan fingerprint density at radius 2 is 1.80 bits per heavy atom. The van der Waals surface area contributed by atoms with E-state index < -0.39 is 11.5 Å². The monoisotopic (exact) mass is 636 g/mol. The van der Waals surface area contributed by atoms with Crippen LogP contribution >= 0.6 is 0 Å². The van der Waals surface area contributed by atoms with Crippen molar-refractivity contribution < 1.29 is 20.1 Å². The average Bonchev–Trinajstić information content (AvgIpc) is 3.31. The number of aliphatic hydroxyl groups is 2. The van der Waals surface area contributed by atoms with Gasteiger partial charge < -0.3 is 46.7 Å². The highest BCUT2D eigenvalue weighted by molar-refractivity contribution is 5.91. The number of nitrogen functional groups attached to an aromatic ring is 1. The summed E-state index contributed by atoms with van der Waals surface area (Å²) in [6, 6.07) is 7.01. The van der Waals surface area contributed by atoms with Gasteiger partial charge in [0.25, 0.3) is 0 Å². The summed E-state index contributed by atoms with van der Waals surface area (Å²) in [5.74, 6) is 0.703. The van der Waals surface area contributed by atoms with Crippen LogP contribution in [0.1, 0.15) is 70.7 Å². The van der Waals surface area contributed by atoms with Crippen LogP contribution < -0.4 is 16.8 Å². The average molecular weight is 637 g/mol. The second-order valence-corrected chi connectivity index (χ2v) is 13.7. The SMILES string of the molecule is CC(C)C(C=O)/C(O)=C/C(=N)N1CCC(CN2CCC(n3nc(NCC(C)(C)O)c(N)c3/C=C(\N)c3ccccc3O)CC2)CC1. The molecular weight excluding hydrogens is 584 g/mol. The zero-order chi connectivity index (χ0) is 33.6. The first-order valence-electron chi connectivity index (χ1n) is 16.3. The number of hydrogen-bond acceptors (Lipinski definition) is 10. The Labute approximate surface area is 272 Å². The third kappa shape index (κ3) is 8.82. The fraction of sp³-hybridized carbons (Fsp3) is 0.559. The van der Waals surface area contributed by atoms with Crippen LogP contribution in [0.15, 0.2) is 36.1 Å². The van der Waals surface area contributed by atoms with E-state index in [1.54, 1.807) is 38.1 Å². The second kappa shape index (κ2) is 15.0. The summed E-state index contributed by atoms with van der Waals surface area (Å²) in [4.78, 5) is 15.8. The first kappa shape index (κ1) is 34.8. The highest BCUT2D eigenvalue weighted by Gasteiger charge is 2.29. The molecule has 0 bridgehead atoms. The molecule has 2 aliphatic heterocycles. The number of phenols is 1. The second-order valence-electron chi connectivity index (χ2n) is 13.7. The maximum atomic E-state index is 11.4. The van der Waals surface area contributed by atoms with Crippen molar-refractivity contribution in [3.8, 4) is 5.75 Å². The lowest BCUT2D eigenvalue weighted by Gasteiger charge is -2.38. The number of nitrogens with two attached hydrogens (primary N) is 2. The van der Waals surface area contributed by atoms with Gasteiger partial charge in [0.1, 0.15) is 29.3 Å². The van der Waals surface area contributed by atoms with Gasteiger partial charge in [0, 0.05) is 56.6 Å². The van der Waals surface area contributed by atoms with Gasteiger partial charge in [-0.3, -0.25) is 10.1 Å². The van der Waals surface area contributed by atoms with Crippen molar-refractivity contribution in [1.82, 2.24) is 19.6 Å². The molecule has 1 unspecified atom stereocenters. The van der Waals surface area contributed by atoms with Gasteiger partial charge in [-0.25, -0.2) is 0 Å². The summed E-state index contributed by atoms with van der Waals surface area (Å²) in [5.41, 5.74) is 14.1. The normalized spacial score (nSPS) is 18.6. The molecule has 252 valence electrons. The Kier molecular flexibility index (Phi) is 11.4. The van der Waals surface area contributed by atoms with E-state index in [2.05, 4.69) is 10.2 Å². The fourth-order valence-corrected chi connectivity index (χ4v) is 6.22. The molecule has 1 aromatic carbocycles. The summed E-state index contributed by atoms with van der Waals surface area (Å²) >= 11 is 0. The maximum Gasteiger partial charge on any atom is 0.172 e. The van der Waals surface area contributed by atoms with Crippen LogP contribution in [0.4, 0.5) is 11.5 Å². The van der Waals surface area contributed by atoms with E-state index in [1.807, 2.05) is 29.5 Å². The van der Waals surface area contributed by atoms with Crippen LogP contribution in [0.25, 0.3) is 11.8 Å². The third-order valence-electron chi connectivity index (χ3n) is 9.05. The first-order chi connectivity index (χ1) is 21.8. The molecule has 2 saturated heterocycles. The molecule has 46 heavy (non-hydrogen) atoms.